The van der Waals surface area contributed by atoms with Gasteiger partial charge >= 0.3 is 18.3 Å². The minimum atomic E-state index is -4.70. The zero-order valence-corrected chi connectivity index (χ0v) is 21.3. The number of hydrogen-bond acceptors (Lipinski definition) is 3. The Hall–Kier alpha value is -2.49. The highest BCUT2D eigenvalue weighted by molar-refractivity contribution is 5.89. The summed E-state index contributed by atoms with van der Waals surface area (Å²) in [6, 6.07) is 8.08. The smallest absolute Gasteiger partial charge is 0.420 e. The predicted octanol–water partition coefficient (Wildman–Crippen LogP) is 7.58. The topological polar surface area (TPSA) is 49.8 Å². The number of piperidine rings is 2. The fourth-order valence-corrected chi connectivity index (χ4v) is 7.97. The number of halogens is 6. The normalized spacial score (nSPS) is 33.0. The number of benzene rings is 2. The maximum Gasteiger partial charge on any atom is 0.420 e. The first-order valence-electron chi connectivity index (χ1n) is 13.7. The molecule has 0 amide bonds. The number of carbonyl (C=O) groups is 1. The van der Waals surface area contributed by atoms with Crippen LogP contribution in [0.4, 0.5) is 26.3 Å². The Morgan fingerprint density at radius 1 is 0.949 bits per heavy atom. The third-order valence-electron chi connectivity index (χ3n) is 9.66. The zero-order chi connectivity index (χ0) is 27.7. The molecule has 2 unspecified atom stereocenters. The van der Waals surface area contributed by atoms with Crippen molar-refractivity contribution in [1.29, 1.82) is 0 Å². The molecule has 2 aliphatic heterocycles. The van der Waals surface area contributed by atoms with Crippen molar-refractivity contribution in [2.45, 2.75) is 94.9 Å². The average molecular weight is 556 g/mol. The molecule has 10 heteroatoms. The van der Waals surface area contributed by atoms with Crippen LogP contribution in [0.5, 0.6) is 5.75 Å². The molecule has 2 heterocycles. The summed E-state index contributed by atoms with van der Waals surface area (Å²) < 4.78 is 87.4. The molecule has 2 saturated heterocycles. The van der Waals surface area contributed by atoms with Crippen LogP contribution < -0.4 is 4.74 Å². The van der Waals surface area contributed by atoms with Gasteiger partial charge in [-0.2, -0.15) is 26.3 Å². The summed E-state index contributed by atoms with van der Waals surface area (Å²) >= 11 is 0. The number of rotatable bonds is 5. The molecule has 2 atom stereocenters. The molecule has 5 fully saturated rings. The zero-order valence-electron chi connectivity index (χ0n) is 21.3. The molecule has 5 aliphatic rings. The Balaban J connectivity index is 1.22. The van der Waals surface area contributed by atoms with Gasteiger partial charge in [-0.3, -0.25) is 9.69 Å². The lowest BCUT2D eigenvalue weighted by atomic mass is 9.55. The van der Waals surface area contributed by atoms with Crippen molar-refractivity contribution in [2.24, 2.45) is 17.3 Å². The van der Waals surface area contributed by atoms with E-state index in [2.05, 4.69) is 4.90 Å². The number of hydrogen-bond donors (Lipinski definition) is 1. The van der Waals surface area contributed by atoms with Gasteiger partial charge in [0, 0.05) is 18.6 Å². The van der Waals surface area contributed by atoms with Crippen LogP contribution in [-0.2, 0) is 17.5 Å². The van der Waals surface area contributed by atoms with Gasteiger partial charge in [-0.1, -0.05) is 18.2 Å². The first kappa shape index (κ1) is 26.7. The first-order valence-corrected chi connectivity index (χ1v) is 13.7. The summed E-state index contributed by atoms with van der Waals surface area (Å²) in [6.07, 6.45) is -5.98. The summed E-state index contributed by atoms with van der Waals surface area (Å²) in [5.41, 5.74) is -0.671. The van der Waals surface area contributed by atoms with Crippen LogP contribution in [0.25, 0.3) is 10.8 Å². The van der Waals surface area contributed by atoms with Gasteiger partial charge in [0.1, 0.15) is 11.3 Å². The van der Waals surface area contributed by atoms with E-state index in [1.165, 1.54) is 12.1 Å². The first-order chi connectivity index (χ1) is 18.3. The second-order valence-corrected chi connectivity index (χ2v) is 12.1. The van der Waals surface area contributed by atoms with Gasteiger partial charge in [0.05, 0.1) is 17.4 Å². The Bertz CT molecular complexity index is 1250. The quantitative estimate of drug-likeness (QED) is 0.387. The SMILES string of the molecule is O=C(O)C12CC3CC(C1)N(Cc1ccc4c(C(F)(F)F)c(O[C@H]5CC[C@@H](C(F)(F)F)CC5)ccc4c1)C(C3)C2. The van der Waals surface area contributed by atoms with Crippen LogP contribution in [0.3, 0.4) is 0 Å². The summed E-state index contributed by atoms with van der Waals surface area (Å²) in [7, 11) is 0. The van der Waals surface area contributed by atoms with E-state index < -0.39 is 41.3 Å². The fraction of sp³-hybridized carbons (Fsp3) is 0.621. The van der Waals surface area contributed by atoms with Crippen LogP contribution in [0.15, 0.2) is 30.3 Å². The minimum absolute atomic E-state index is 0.00218. The second kappa shape index (κ2) is 9.28. The lowest BCUT2D eigenvalue weighted by Gasteiger charge is -2.60. The largest absolute Gasteiger partial charge is 0.490 e. The molecule has 1 N–H and O–H groups in total. The fourth-order valence-electron chi connectivity index (χ4n) is 7.97. The van der Waals surface area contributed by atoms with Gasteiger partial charge in [0.15, 0.2) is 0 Å². The summed E-state index contributed by atoms with van der Waals surface area (Å²) in [5, 5.41) is 10.3. The highest BCUT2D eigenvalue weighted by Gasteiger charge is 2.57. The molecular weight excluding hydrogens is 524 g/mol. The highest BCUT2D eigenvalue weighted by atomic mass is 19.4. The number of nitrogens with zero attached hydrogens (tertiary/aromatic N) is 1. The molecule has 2 aromatic rings. The van der Waals surface area contributed by atoms with Crippen molar-refractivity contribution in [3.63, 3.8) is 0 Å². The molecule has 0 radical (unpaired) electrons. The van der Waals surface area contributed by atoms with Crippen molar-refractivity contribution in [1.82, 2.24) is 4.90 Å². The number of aliphatic carboxylic acids is 1. The second-order valence-electron chi connectivity index (χ2n) is 12.1. The van der Waals surface area contributed by atoms with E-state index in [0.29, 0.717) is 30.7 Å². The van der Waals surface area contributed by atoms with Crippen LogP contribution in [0, 0.1) is 17.3 Å². The van der Waals surface area contributed by atoms with E-state index in [4.69, 9.17) is 4.74 Å². The van der Waals surface area contributed by atoms with Gasteiger partial charge in [-0.25, -0.2) is 0 Å². The van der Waals surface area contributed by atoms with Crippen molar-refractivity contribution in [3.05, 3.63) is 41.5 Å². The van der Waals surface area contributed by atoms with Crippen LogP contribution >= 0.6 is 0 Å². The molecule has 0 spiro atoms. The maximum absolute atomic E-state index is 14.2. The molecule has 3 saturated carbocycles. The monoisotopic (exact) mass is 555 g/mol. The minimum Gasteiger partial charge on any atom is -0.490 e. The standard InChI is InChI=1S/C29H31F6NO3/c30-28(31,32)19-3-5-22(6-4-19)39-24-8-2-18-9-16(1-7-23(18)25(24)29(33,34)35)15-36-20-10-17-11-21(36)14-27(12-17,13-20)26(37)38/h1-2,7-9,17,19-22H,3-6,10-15H2,(H,37,38)/t17?,19-,20?,21?,22+,27?. The molecule has 2 aromatic carbocycles. The van der Waals surface area contributed by atoms with E-state index in [1.807, 2.05) is 0 Å². The summed E-state index contributed by atoms with van der Waals surface area (Å²) in [4.78, 5) is 14.4. The number of ether oxygens (including phenoxy) is 1. The third kappa shape index (κ3) is 4.87. The highest BCUT2D eigenvalue weighted by Crippen LogP contribution is 2.56. The van der Waals surface area contributed by atoms with E-state index in [-0.39, 0.29) is 48.9 Å². The van der Waals surface area contributed by atoms with Gasteiger partial charge in [0.25, 0.3) is 0 Å². The lowest BCUT2D eigenvalue weighted by molar-refractivity contribution is -0.185. The molecule has 7 rings (SSSR count). The van der Waals surface area contributed by atoms with Gasteiger partial charge in [-0.15, -0.1) is 0 Å². The summed E-state index contributed by atoms with van der Waals surface area (Å²) in [6.45, 7) is 0.551. The van der Waals surface area contributed by atoms with E-state index >= 15 is 0 Å². The van der Waals surface area contributed by atoms with E-state index in [1.54, 1.807) is 18.2 Å². The van der Waals surface area contributed by atoms with Crippen LogP contribution in [0.2, 0.25) is 0 Å². The number of carboxylic acid groups (broad SMARTS) is 1. The Kier molecular flexibility index (Phi) is 6.36. The van der Waals surface area contributed by atoms with Crippen molar-refractivity contribution in [2.75, 3.05) is 0 Å². The van der Waals surface area contributed by atoms with Gasteiger partial charge < -0.3 is 9.84 Å². The lowest BCUT2D eigenvalue weighted by Crippen LogP contribution is -2.63. The van der Waals surface area contributed by atoms with Crippen molar-refractivity contribution < 1.29 is 41.0 Å². The van der Waals surface area contributed by atoms with E-state index in [9.17, 15) is 36.2 Å². The molecular formula is C29H31F6NO3. The van der Waals surface area contributed by atoms with Crippen LogP contribution in [-0.4, -0.2) is 40.3 Å². The predicted molar refractivity (Wildman–Crippen MR) is 131 cm³/mol. The molecule has 4 nitrogen and oxygen atoms in total. The van der Waals surface area contributed by atoms with Crippen molar-refractivity contribution in [3.8, 4) is 5.75 Å². The molecule has 4 bridgehead atoms. The van der Waals surface area contributed by atoms with Crippen LogP contribution in [0.1, 0.15) is 68.9 Å². The summed E-state index contributed by atoms with van der Waals surface area (Å²) in [5.74, 6) is -2.07. The Morgan fingerprint density at radius 3 is 2.21 bits per heavy atom. The molecule has 39 heavy (non-hydrogen) atoms. The van der Waals surface area contributed by atoms with Gasteiger partial charge in [-0.05, 0) is 92.2 Å². The number of fused-ring (bicyclic) bond motifs is 1. The molecule has 3 aliphatic carbocycles. The maximum atomic E-state index is 14.2. The van der Waals surface area contributed by atoms with E-state index in [0.717, 1.165) is 24.8 Å². The average Bonchev–Trinajstić information content (AvgIpc) is 2.84. The van der Waals surface area contributed by atoms with Gasteiger partial charge in [0.2, 0.25) is 0 Å². The van der Waals surface area contributed by atoms with Crippen molar-refractivity contribution >= 4 is 16.7 Å². The Morgan fingerprint density at radius 2 is 1.62 bits per heavy atom. The molecule has 0 aromatic heterocycles. The molecule has 212 valence electrons. The number of carboxylic acids is 1. The Labute approximate surface area is 222 Å². The number of alkyl halides is 6. The third-order valence-corrected chi connectivity index (χ3v) is 9.66.